The molecule has 0 bridgehead atoms. The summed E-state index contributed by atoms with van der Waals surface area (Å²) >= 11 is 0. The van der Waals surface area contributed by atoms with E-state index in [9.17, 15) is 14.4 Å². The Morgan fingerprint density at radius 1 is 1.16 bits per heavy atom. The van der Waals surface area contributed by atoms with Gasteiger partial charge < -0.3 is 13.9 Å². The van der Waals surface area contributed by atoms with Gasteiger partial charge in [-0.05, 0) is 49.7 Å². The number of hydrogen-bond donors (Lipinski definition) is 1. The Hall–Kier alpha value is -3.13. The first-order valence-corrected chi connectivity index (χ1v) is 10.5. The molecule has 2 saturated heterocycles. The summed E-state index contributed by atoms with van der Waals surface area (Å²) in [6.07, 6.45) is 2.50. The number of imide groups is 1. The lowest BCUT2D eigenvalue weighted by Gasteiger charge is -2.32. The van der Waals surface area contributed by atoms with E-state index in [-0.39, 0.29) is 12.5 Å². The third kappa shape index (κ3) is 3.22. The molecule has 1 N–H and O–H groups in total. The number of nitrogens with one attached hydrogen (secondary N) is 1. The molecule has 1 aromatic heterocycles. The van der Waals surface area contributed by atoms with Gasteiger partial charge in [-0.25, -0.2) is 4.90 Å². The van der Waals surface area contributed by atoms with Gasteiger partial charge >= 0.3 is 5.97 Å². The first kappa shape index (κ1) is 21.1. The van der Waals surface area contributed by atoms with Crippen LogP contribution in [0.2, 0.25) is 0 Å². The van der Waals surface area contributed by atoms with Crippen LogP contribution in [0.5, 0.6) is 5.75 Å². The molecule has 0 spiro atoms. The number of carbonyl (C=O) groups excluding carboxylic acids is 3. The number of rotatable bonds is 7. The highest BCUT2D eigenvalue weighted by molar-refractivity contribution is 6.24. The summed E-state index contributed by atoms with van der Waals surface area (Å²) < 4.78 is 16.1. The van der Waals surface area contributed by atoms with Crippen LogP contribution >= 0.6 is 0 Å². The van der Waals surface area contributed by atoms with E-state index in [2.05, 4.69) is 5.32 Å². The van der Waals surface area contributed by atoms with Crippen LogP contribution in [-0.4, -0.2) is 37.0 Å². The van der Waals surface area contributed by atoms with Gasteiger partial charge in [-0.3, -0.25) is 19.7 Å². The van der Waals surface area contributed by atoms with Crippen molar-refractivity contribution < 1.29 is 28.3 Å². The number of anilines is 1. The van der Waals surface area contributed by atoms with E-state index in [1.165, 1.54) is 11.2 Å². The van der Waals surface area contributed by atoms with Crippen LogP contribution in [0.3, 0.4) is 0 Å². The van der Waals surface area contributed by atoms with E-state index in [0.717, 1.165) is 0 Å². The molecule has 4 atom stereocenters. The summed E-state index contributed by atoms with van der Waals surface area (Å²) in [6, 6.07) is 9.56. The predicted octanol–water partition coefficient (Wildman–Crippen LogP) is 2.84. The van der Waals surface area contributed by atoms with Crippen molar-refractivity contribution in [1.82, 2.24) is 5.32 Å². The Morgan fingerprint density at radius 2 is 1.90 bits per heavy atom. The third-order valence-electron chi connectivity index (χ3n) is 6.12. The molecular weight excluding hydrogens is 400 g/mol. The SMILES string of the molecule is CCC[C@]1(C(=O)OCC)N[C@@H](c2ccco2)[C@H]2C(=O)N(c3ccc(OC)cc3)C(=O)[C@@H]21. The summed E-state index contributed by atoms with van der Waals surface area (Å²) in [5.74, 6) is -1.84. The topological polar surface area (TPSA) is 98.1 Å². The second-order valence-corrected chi connectivity index (χ2v) is 7.79. The number of carbonyl (C=O) groups is 3. The lowest BCUT2D eigenvalue weighted by Crippen LogP contribution is -2.56. The first-order chi connectivity index (χ1) is 15.0. The molecule has 0 unspecified atom stereocenters. The standard InChI is InChI=1S/C23H26N2O6/c1-4-12-23(22(28)30-5-2)18-17(19(24-23)16-7-6-13-31-16)20(26)25(21(18)27)14-8-10-15(29-3)11-9-14/h6-11,13,17-19,24H,4-5,12H2,1-3H3/t17-,18+,19-,23-/m0/s1. The van der Waals surface area contributed by atoms with Crippen molar-refractivity contribution in [3.05, 3.63) is 48.4 Å². The number of esters is 1. The lowest BCUT2D eigenvalue weighted by molar-refractivity contribution is -0.155. The minimum atomic E-state index is -1.30. The lowest BCUT2D eigenvalue weighted by atomic mass is 9.77. The van der Waals surface area contributed by atoms with Gasteiger partial charge in [0.15, 0.2) is 0 Å². The highest BCUT2D eigenvalue weighted by Gasteiger charge is 2.69. The van der Waals surface area contributed by atoms with Crippen LogP contribution in [0.25, 0.3) is 0 Å². The van der Waals surface area contributed by atoms with Crippen LogP contribution in [0.15, 0.2) is 47.1 Å². The van der Waals surface area contributed by atoms with E-state index < -0.39 is 35.3 Å². The zero-order valence-corrected chi connectivity index (χ0v) is 17.8. The quantitative estimate of drug-likeness (QED) is 0.537. The average molecular weight is 426 g/mol. The van der Waals surface area contributed by atoms with E-state index >= 15 is 0 Å². The highest BCUT2D eigenvalue weighted by Crippen LogP contribution is 2.51. The summed E-state index contributed by atoms with van der Waals surface area (Å²) in [7, 11) is 1.55. The van der Waals surface area contributed by atoms with Gasteiger partial charge in [0.2, 0.25) is 11.8 Å². The van der Waals surface area contributed by atoms with Crippen molar-refractivity contribution in [2.24, 2.45) is 11.8 Å². The molecule has 0 saturated carbocycles. The summed E-state index contributed by atoms with van der Waals surface area (Å²) in [5.41, 5.74) is -0.862. The fourth-order valence-corrected chi connectivity index (χ4v) is 4.87. The van der Waals surface area contributed by atoms with Crippen molar-refractivity contribution in [3.8, 4) is 5.75 Å². The molecule has 4 rings (SSSR count). The molecule has 8 nitrogen and oxygen atoms in total. The maximum Gasteiger partial charge on any atom is 0.327 e. The number of hydrogen-bond acceptors (Lipinski definition) is 7. The van der Waals surface area contributed by atoms with Crippen LogP contribution in [0.1, 0.15) is 38.5 Å². The van der Waals surface area contributed by atoms with Gasteiger partial charge in [-0.2, -0.15) is 0 Å². The van der Waals surface area contributed by atoms with Crippen molar-refractivity contribution >= 4 is 23.5 Å². The molecule has 2 fully saturated rings. The number of nitrogens with zero attached hydrogens (tertiary/aromatic N) is 1. The number of benzene rings is 1. The third-order valence-corrected chi connectivity index (χ3v) is 6.12. The molecule has 8 heteroatoms. The van der Waals surface area contributed by atoms with Crippen LogP contribution in [0.4, 0.5) is 5.69 Å². The number of furan rings is 1. The molecule has 0 radical (unpaired) electrons. The Bertz CT molecular complexity index is 970. The number of amides is 2. The fraction of sp³-hybridized carbons (Fsp3) is 0.435. The Labute approximate surface area is 180 Å². The fourth-order valence-electron chi connectivity index (χ4n) is 4.87. The maximum absolute atomic E-state index is 13.7. The number of ether oxygens (including phenoxy) is 2. The van der Waals surface area contributed by atoms with Gasteiger partial charge in [-0.15, -0.1) is 0 Å². The molecule has 2 aromatic rings. The second-order valence-electron chi connectivity index (χ2n) is 7.79. The molecule has 31 heavy (non-hydrogen) atoms. The zero-order chi connectivity index (χ0) is 22.2. The van der Waals surface area contributed by atoms with E-state index in [1.807, 2.05) is 6.92 Å². The van der Waals surface area contributed by atoms with E-state index in [1.54, 1.807) is 50.4 Å². The van der Waals surface area contributed by atoms with Gasteiger partial charge in [0.05, 0.1) is 43.5 Å². The Morgan fingerprint density at radius 3 is 2.48 bits per heavy atom. The van der Waals surface area contributed by atoms with Crippen LogP contribution in [-0.2, 0) is 19.1 Å². The normalized spacial score (nSPS) is 27.5. The van der Waals surface area contributed by atoms with Crippen LogP contribution < -0.4 is 15.0 Å². The minimum Gasteiger partial charge on any atom is -0.497 e. The van der Waals surface area contributed by atoms with Gasteiger partial charge in [0.1, 0.15) is 17.0 Å². The van der Waals surface area contributed by atoms with Gasteiger partial charge in [0, 0.05) is 0 Å². The molecule has 164 valence electrons. The Kier molecular flexibility index (Phi) is 5.58. The number of fused-ring (bicyclic) bond motifs is 1. The molecule has 2 aliphatic heterocycles. The largest absolute Gasteiger partial charge is 0.497 e. The van der Waals surface area contributed by atoms with E-state index in [4.69, 9.17) is 13.9 Å². The average Bonchev–Trinajstić information content (AvgIpc) is 3.46. The number of methoxy groups -OCH3 is 1. The maximum atomic E-state index is 13.7. The van der Waals surface area contributed by atoms with E-state index in [0.29, 0.717) is 30.0 Å². The predicted molar refractivity (Wildman–Crippen MR) is 111 cm³/mol. The zero-order valence-electron chi connectivity index (χ0n) is 17.8. The second kappa shape index (κ2) is 8.19. The smallest absolute Gasteiger partial charge is 0.327 e. The molecule has 0 aliphatic carbocycles. The molecule has 2 amide bonds. The summed E-state index contributed by atoms with van der Waals surface area (Å²) in [6.45, 7) is 3.83. The summed E-state index contributed by atoms with van der Waals surface area (Å²) in [5, 5.41) is 3.29. The molecule has 2 aliphatic rings. The van der Waals surface area contributed by atoms with Crippen molar-refractivity contribution in [2.45, 2.75) is 38.3 Å². The molecular formula is C23H26N2O6. The molecule has 1 aromatic carbocycles. The summed E-state index contributed by atoms with van der Waals surface area (Å²) in [4.78, 5) is 41.6. The van der Waals surface area contributed by atoms with Gasteiger partial charge in [-0.1, -0.05) is 13.3 Å². The molecule has 3 heterocycles. The van der Waals surface area contributed by atoms with Crippen LogP contribution in [0, 0.1) is 11.8 Å². The minimum absolute atomic E-state index is 0.180. The first-order valence-electron chi connectivity index (χ1n) is 10.5. The van der Waals surface area contributed by atoms with Gasteiger partial charge in [0.25, 0.3) is 0 Å². The van der Waals surface area contributed by atoms with Crippen molar-refractivity contribution in [1.29, 1.82) is 0 Å². The van der Waals surface area contributed by atoms with Crippen molar-refractivity contribution in [3.63, 3.8) is 0 Å². The van der Waals surface area contributed by atoms with Crippen molar-refractivity contribution in [2.75, 3.05) is 18.6 Å². The highest BCUT2D eigenvalue weighted by atomic mass is 16.5. The Balaban J connectivity index is 1.81. The monoisotopic (exact) mass is 426 g/mol.